The molecule has 2 nitrogen and oxygen atoms in total. The van der Waals surface area contributed by atoms with Gasteiger partial charge < -0.3 is 0 Å². The van der Waals surface area contributed by atoms with Crippen LogP contribution in [0.2, 0.25) is 0 Å². The van der Waals surface area contributed by atoms with Crippen molar-refractivity contribution in [2.24, 2.45) is 4.99 Å². The van der Waals surface area contributed by atoms with E-state index in [4.69, 9.17) is 16.4 Å². The molecule has 0 aromatic rings. The van der Waals surface area contributed by atoms with Crippen LogP contribution in [0.4, 0.5) is 0 Å². The van der Waals surface area contributed by atoms with Gasteiger partial charge in [0.2, 0.25) is 6.08 Å². The second kappa shape index (κ2) is 8.95. The number of hydrogen-bond acceptors (Lipinski definition) is 2. The molecule has 0 spiro atoms. The van der Waals surface area contributed by atoms with E-state index in [9.17, 15) is 0 Å². The summed E-state index contributed by atoms with van der Waals surface area (Å²) < 4.78 is 0. The van der Waals surface area contributed by atoms with Crippen LogP contribution in [0, 0.1) is 0 Å². The van der Waals surface area contributed by atoms with Gasteiger partial charge in [-0.2, -0.15) is 4.99 Å². The van der Waals surface area contributed by atoms with Crippen LogP contribution in [-0.4, -0.2) is 29.2 Å². The monoisotopic (exact) mass is 173 g/mol. The fourth-order valence-electron chi connectivity index (χ4n) is 0.0244. The van der Waals surface area contributed by atoms with Crippen molar-refractivity contribution in [2.75, 3.05) is 6.00 Å². The SMILES string of the molecule is O=C=NCCl.[SeH2]. The molecule has 0 atom stereocenters. The third-order valence-electron chi connectivity index (χ3n) is 0.124. The van der Waals surface area contributed by atoms with Crippen molar-refractivity contribution in [3.8, 4) is 0 Å². The van der Waals surface area contributed by atoms with Crippen LogP contribution in [0.5, 0.6) is 0 Å². The summed E-state index contributed by atoms with van der Waals surface area (Å²) in [4.78, 5) is 12.0. The topological polar surface area (TPSA) is 29.4 Å². The summed E-state index contributed by atoms with van der Waals surface area (Å²) in [6.07, 6.45) is 1.26. The van der Waals surface area contributed by atoms with Crippen LogP contribution in [0.15, 0.2) is 4.99 Å². The molecule has 0 rings (SSSR count). The first-order valence-corrected chi connectivity index (χ1v) is 1.55. The van der Waals surface area contributed by atoms with Gasteiger partial charge in [0.25, 0.3) is 0 Å². The number of rotatable bonds is 1. The molecule has 0 amide bonds. The van der Waals surface area contributed by atoms with Crippen molar-refractivity contribution in [2.45, 2.75) is 0 Å². The molecule has 0 N–H and O–H groups in total. The van der Waals surface area contributed by atoms with Gasteiger partial charge in [-0.1, -0.05) is 11.6 Å². The van der Waals surface area contributed by atoms with E-state index >= 15 is 0 Å². The van der Waals surface area contributed by atoms with E-state index in [0.717, 1.165) is 0 Å². The molecular weight excluding hydrogens is 168 g/mol. The van der Waals surface area contributed by atoms with Gasteiger partial charge in [-0.25, -0.2) is 4.79 Å². The number of aliphatic imine (C=N–C) groups is 1. The zero-order valence-corrected chi connectivity index (χ0v) is 5.79. The van der Waals surface area contributed by atoms with Gasteiger partial charge in [-0.3, -0.25) is 0 Å². The minimum atomic E-state index is 0. The average Bonchev–Trinajstić information content (AvgIpc) is 1.41. The van der Waals surface area contributed by atoms with Crippen molar-refractivity contribution in [3.63, 3.8) is 0 Å². The number of nitrogens with zero attached hydrogens (tertiary/aromatic N) is 1. The van der Waals surface area contributed by atoms with Gasteiger partial charge in [0.05, 0.1) is 0 Å². The van der Waals surface area contributed by atoms with Gasteiger partial charge in [0.15, 0.2) is 0 Å². The van der Waals surface area contributed by atoms with Crippen LogP contribution in [0.3, 0.4) is 0 Å². The Balaban J connectivity index is 0. The van der Waals surface area contributed by atoms with Gasteiger partial charge >= 0.3 is 17.1 Å². The third-order valence-corrected chi connectivity index (χ3v) is 0.244. The molecule has 0 fully saturated rings. The Morgan fingerprint density at radius 2 is 2.33 bits per heavy atom. The standard InChI is InChI=1S/C2H2ClNO.H2Se/c3-1-4-2-5;/h1H2;1H2. The first-order chi connectivity index (χ1) is 2.41. The van der Waals surface area contributed by atoms with Gasteiger partial charge in [-0.15, -0.1) is 0 Å². The second-order valence-corrected chi connectivity index (χ2v) is 0.608. The molecule has 0 radical (unpaired) electrons. The quantitative estimate of drug-likeness (QED) is 0.174. The molecule has 6 heavy (non-hydrogen) atoms. The first kappa shape index (κ1) is 9.50. The molecule has 0 aliphatic heterocycles. The van der Waals surface area contributed by atoms with E-state index in [1.807, 2.05) is 0 Å². The summed E-state index contributed by atoms with van der Waals surface area (Å²) >= 11 is 4.87. The van der Waals surface area contributed by atoms with Crippen molar-refractivity contribution < 1.29 is 4.79 Å². The summed E-state index contributed by atoms with van der Waals surface area (Å²) in [5.41, 5.74) is 0. The predicted octanol–water partition coefficient (Wildman–Crippen LogP) is -0.398. The van der Waals surface area contributed by atoms with E-state index in [-0.39, 0.29) is 23.1 Å². The molecule has 0 aromatic heterocycles. The summed E-state index contributed by atoms with van der Waals surface area (Å²) in [6.45, 7) is 0. The van der Waals surface area contributed by atoms with Gasteiger partial charge in [0.1, 0.15) is 6.00 Å². The third kappa shape index (κ3) is 8.89. The predicted molar refractivity (Wildman–Crippen MR) is 27.4 cm³/mol. The second-order valence-electron chi connectivity index (χ2n) is 0.369. The number of alkyl halides is 1. The van der Waals surface area contributed by atoms with Crippen molar-refractivity contribution in [3.05, 3.63) is 0 Å². The van der Waals surface area contributed by atoms with Crippen LogP contribution in [0.1, 0.15) is 0 Å². The molecule has 0 heterocycles. The van der Waals surface area contributed by atoms with Crippen LogP contribution in [-0.2, 0) is 4.79 Å². The van der Waals surface area contributed by atoms with Crippen LogP contribution < -0.4 is 0 Å². The molecule has 0 bridgehead atoms. The Hall–Kier alpha value is 0.189. The normalized spacial score (nSPS) is 4.83. The van der Waals surface area contributed by atoms with Gasteiger partial charge in [-0.05, 0) is 0 Å². The Morgan fingerprint density at radius 1 is 1.83 bits per heavy atom. The Kier molecular flexibility index (Phi) is 14.2. The van der Waals surface area contributed by atoms with Crippen LogP contribution >= 0.6 is 11.6 Å². The fourth-order valence-corrected chi connectivity index (χ4v) is 0.0732. The zero-order chi connectivity index (χ0) is 4.12. The number of hydrogen-bond donors (Lipinski definition) is 0. The number of halogens is 1. The molecule has 4 heteroatoms. The van der Waals surface area contributed by atoms with E-state index in [2.05, 4.69) is 4.99 Å². The Labute approximate surface area is 51.1 Å². The van der Waals surface area contributed by atoms with Crippen LogP contribution in [0.25, 0.3) is 0 Å². The molecule has 0 saturated carbocycles. The van der Waals surface area contributed by atoms with E-state index in [1.54, 1.807) is 0 Å². The molecular formula is C2H4ClNOSe. The Morgan fingerprint density at radius 3 is 2.33 bits per heavy atom. The van der Waals surface area contributed by atoms with Crippen molar-refractivity contribution in [1.82, 2.24) is 0 Å². The summed E-state index contributed by atoms with van der Waals surface area (Å²) in [5.74, 6) is 0. The molecule has 0 aliphatic carbocycles. The van der Waals surface area contributed by atoms with E-state index < -0.39 is 0 Å². The maximum atomic E-state index is 9.03. The Bertz CT molecular complexity index is 60.6. The maximum absolute atomic E-state index is 9.03. The number of isocyanates is 1. The number of carbonyl (C=O) groups excluding carboxylic acids is 1. The van der Waals surface area contributed by atoms with Crippen molar-refractivity contribution >= 4 is 34.7 Å². The first-order valence-electron chi connectivity index (χ1n) is 1.01. The summed E-state index contributed by atoms with van der Waals surface area (Å²) in [5, 5.41) is 0. The molecule has 0 unspecified atom stereocenters. The van der Waals surface area contributed by atoms with Crippen molar-refractivity contribution in [1.29, 1.82) is 0 Å². The van der Waals surface area contributed by atoms with E-state index in [0.29, 0.717) is 0 Å². The van der Waals surface area contributed by atoms with E-state index in [1.165, 1.54) is 6.08 Å². The minimum absolute atomic E-state index is 0. The fraction of sp³-hybridized carbons (Fsp3) is 0.500. The molecule has 36 valence electrons. The summed E-state index contributed by atoms with van der Waals surface area (Å²) in [6, 6.07) is 0.0174. The molecule has 0 aliphatic rings. The zero-order valence-electron chi connectivity index (χ0n) is 2.94. The summed E-state index contributed by atoms with van der Waals surface area (Å²) in [7, 11) is 0. The average molecular weight is 172 g/mol. The molecule has 0 aromatic carbocycles. The van der Waals surface area contributed by atoms with Gasteiger partial charge in [0, 0.05) is 0 Å². The molecule has 0 saturated heterocycles.